The first-order valence-electron chi connectivity index (χ1n) is 7.42. The highest BCUT2D eigenvalue weighted by atomic mass is 19.1. The molecule has 0 aliphatic carbocycles. The molecule has 2 unspecified atom stereocenters. The van der Waals surface area contributed by atoms with Crippen molar-refractivity contribution in [2.45, 2.75) is 32.4 Å². The highest BCUT2D eigenvalue weighted by molar-refractivity contribution is 5.94. The van der Waals surface area contributed by atoms with Gasteiger partial charge in [-0.15, -0.1) is 0 Å². The van der Waals surface area contributed by atoms with Crippen molar-refractivity contribution >= 4 is 11.5 Å². The second kappa shape index (κ2) is 7.74. The number of halogens is 1. The van der Waals surface area contributed by atoms with Crippen LogP contribution in [0.1, 0.15) is 37.7 Å². The molecule has 0 aliphatic rings. The fourth-order valence-electron chi connectivity index (χ4n) is 2.27. The van der Waals surface area contributed by atoms with Crippen molar-refractivity contribution in [3.63, 3.8) is 0 Å². The zero-order chi connectivity index (χ0) is 16.8. The topological polar surface area (TPSA) is 62.5 Å². The van der Waals surface area contributed by atoms with Crippen molar-refractivity contribution in [1.29, 1.82) is 0 Å². The Bertz CT molecular complexity index is 662. The molecule has 0 fully saturated rings. The summed E-state index contributed by atoms with van der Waals surface area (Å²) in [6.07, 6.45) is 2.55. The molecule has 0 bridgehead atoms. The highest BCUT2D eigenvalue weighted by Gasteiger charge is 2.15. The van der Waals surface area contributed by atoms with Crippen molar-refractivity contribution in [1.82, 2.24) is 5.32 Å². The maximum atomic E-state index is 12.9. The molecule has 1 aromatic heterocycles. The number of carbonyl (C=O) groups excluding carboxylic acids is 1. The number of furan rings is 1. The number of aliphatic hydroxyl groups excluding tert-OH is 1. The van der Waals surface area contributed by atoms with E-state index in [9.17, 15) is 14.3 Å². The Kier molecular flexibility index (Phi) is 5.71. The quantitative estimate of drug-likeness (QED) is 0.802. The minimum Gasteiger partial charge on any atom is -0.467 e. The van der Waals surface area contributed by atoms with Crippen LogP contribution < -0.4 is 5.32 Å². The molecule has 0 saturated carbocycles. The first kappa shape index (κ1) is 17.0. The zero-order valence-corrected chi connectivity index (χ0v) is 13.1. The number of hydrogen-bond acceptors (Lipinski definition) is 3. The van der Waals surface area contributed by atoms with E-state index >= 15 is 0 Å². The van der Waals surface area contributed by atoms with E-state index in [0.717, 1.165) is 11.1 Å². The van der Waals surface area contributed by atoms with E-state index in [1.807, 2.05) is 6.92 Å². The molecule has 2 N–H and O–H groups in total. The normalized spacial score (nSPS) is 14.3. The number of nitrogens with one attached hydrogen (secondary N) is 1. The van der Waals surface area contributed by atoms with Gasteiger partial charge in [0.15, 0.2) is 0 Å². The molecule has 23 heavy (non-hydrogen) atoms. The van der Waals surface area contributed by atoms with Crippen molar-refractivity contribution in [2.24, 2.45) is 0 Å². The predicted octanol–water partition coefficient (Wildman–Crippen LogP) is 3.45. The minimum absolute atomic E-state index is 0.222. The van der Waals surface area contributed by atoms with Gasteiger partial charge in [-0.3, -0.25) is 4.79 Å². The highest BCUT2D eigenvalue weighted by Crippen LogP contribution is 2.18. The van der Waals surface area contributed by atoms with Crippen molar-refractivity contribution < 1.29 is 18.7 Å². The van der Waals surface area contributed by atoms with Crippen LogP contribution in [0.15, 0.2) is 53.2 Å². The van der Waals surface area contributed by atoms with Gasteiger partial charge in [0.25, 0.3) is 0 Å². The molecule has 1 aromatic carbocycles. The van der Waals surface area contributed by atoms with Gasteiger partial charge in [0, 0.05) is 18.5 Å². The van der Waals surface area contributed by atoms with Gasteiger partial charge < -0.3 is 14.8 Å². The van der Waals surface area contributed by atoms with Gasteiger partial charge in [0.1, 0.15) is 17.7 Å². The monoisotopic (exact) mass is 317 g/mol. The summed E-state index contributed by atoms with van der Waals surface area (Å²) >= 11 is 0. The standard InChI is InChI=1S/C18H20FNO3/c1-12(14-5-7-15(19)8-6-14)10-18(22)20-13(2)11-16(21)17-4-3-9-23-17/h3-10,13,16,21H,11H2,1-2H3,(H,20,22)/b12-10-. The lowest BCUT2D eigenvalue weighted by Crippen LogP contribution is -2.32. The zero-order valence-electron chi connectivity index (χ0n) is 13.1. The Hall–Kier alpha value is -2.40. The lowest BCUT2D eigenvalue weighted by atomic mass is 10.1. The average molecular weight is 317 g/mol. The van der Waals surface area contributed by atoms with E-state index in [2.05, 4.69) is 5.32 Å². The number of hydrogen-bond donors (Lipinski definition) is 2. The molecule has 0 spiro atoms. The minimum atomic E-state index is -0.762. The number of allylic oxidation sites excluding steroid dienone is 1. The van der Waals surface area contributed by atoms with Crippen LogP contribution in [0, 0.1) is 5.82 Å². The van der Waals surface area contributed by atoms with Gasteiger partial charge >= 0.3 is 0 Å². The van der Waals surface area contributed by atoms with Gasteiger partial charge in [-0.1, -0.05) is 12.1 Å². The van der Waals surface area contributed by atoms with Crippen LogP contribution in [0.3, 0.4) is 0 Å². The SMILES string of the molecule is C/C(=C/C(=O)NC(C)CC(O)c1ccco1)c1ccc(F)cc1. The molecule has 122 valence electrons. The summed E-state index contributed by atoms with van der Waals surface area (Å²) in [7, 11) is 0. The molecule has 5 heteroatoms. The molecule has 0 saturated heterocycles. The summed E-state index contributed by atoms with van der Waals surface area (Å²) in [4.78, 5) is 12.0. The van der Waals surface area contributed by atoms with Crippen LogP contribution in [-0.4, -0.2) is 17.1 Å². The Labute approximate surface area is 134 Å². The third-order valence-corrected chi connectivity index (χ3v) is 3.48. The molecule has 0 radical (unpaired) electrons. The Balaban J connectivity index is 1.90. The van der Waals surface area contributed by atoms with E-state index in [4.69, 9.17) is 4.42 Å². The van der Waals surface area contributed by atoms with Crippen LogP contribution in [0.5, 0.6) is 0 Å². The third kappa shape index (κ3) is 5.07. The summed E-state index contributed by atoms with van der Waals surface area (Å²) in [6, 6.07) is 9.13. The van der Waals surface area contributed by atoms with Crippen molar-refractivity contribution in [3.8, 4) is 0 Å². The van der Waals surface area contributed by atoms with Gasteiger partial charge in [0.2, 0.25) is 5.91 Å². The number of amides is 1. The first-order valence-corrected chi connectivity index (χ1v) is 7.42. The second-order valence-corrected chi connectivity index (χ2v) is 5.51. The van der Waals surface area contributed by atoms with Gasteiger partial charge in [0.05, 0.1) is 6.26 Å². The number of benzene rings is 1. The molecule has 2 aromatic rings. The van der Waals surface area contributed by atoms with Gasteiger partial charge in [-0.25, -0.2) is 4.39 Å². The molecule has 0 aliphatic heterocycles. The Morgan fingerprint density at radius 2 is 2.04 bits per heavy atom. The fraction of sp³-hybridized carbons (Fsp3) is 0.278. The third-order valence-electron chi connectivity index (χ3n) is 3.48. The molecular weight excluding hydrogens is 297 g/mol. The fourth-order valence-corrected chi connectivity index (χ4v) is 2.27. The summed E-state index contributed by atoms with van der Waals surface area (Å²) in [5.41, 5.74) is 1.52. The van der Waals surface area contributed by atoms with E-state index in [-0.39, 0.29) is 17.8 Å². The van der Waals surface area contributed by atoms with Crippen LogP contribution in [0.2, 0.25) is 0 Å². The van der Waals surface area contributed by atoms with Crippen molar-refractivity contribution in [3.05, 3.63) is 65.9 Å². The number of carbonyl (C=O) groups is 1. The molecule has 2 rings (SSSR count). The lowest BCUT2D eigenvalue weighted by Gasteiger charge is -2.16. The summed E-state index contributed by atoms with van der Waals surface area (Å²) in [5, 5.41) is 12.8. The molecule has 1 amide bonds. The van der Waals surface area contributed by atoms with Gasteiger partial charge in [-0.2, -0.15) is 0 Å². The Morgan fingerprint density at radius 3 is 2.65 bits per heavy atom. The Morgan fingerprint density at radius 1 is 1.35 bits per heavy atom. The van der Waals surface area contributed by atoms with Crippen LogP contribution in [0.25, 0.3) is 5.57 Å². The lowest BCUT2D eigenvalue weighted by molar-refractivity contribution is -0.117. The molecule has 1 heterocycles. The maximum absolute atomic E-state index is 12.9. The average Bonchev–Trinajstić information content (AvgIpc) is 3.01. The largest absolute Gasteiger partial charge is 0.467 e. The maximum Gasteiger partial charge on any atom is 0.244 e. The first-order chi connectivity index (χ1) is 11.0. The number of rotatable bonds is 6. The number of aliphatic hydroxyl groups is 1. The summed E-state index contributed by atoms with van der Waals surface area (Å²) in [6.45, 7) is 3.60. The van der Waals surface area contributed by atoms with Crippen LogP contribution in [-0.2, 0) is 4.79 Å². The van der Waals surface area contributed by atoms with E-state index in [1.165, 1.54) is 24.5 Å². The summed E-state index contributed by atoms with van der Waals surface area (Å²) < 4.78 is 18.0. The van der Waals surface area contributed by atoms with Gasteiger partial charge in [-0.05, 0) is 49.2 Å². The van der Waals surface area contributed by atoms with Crippen LogP contribution >= 0.6 is 0 Å². The smallest absolute Gasteiger partial charge is 0.244 e. The predicted molar refractivity (Wildman–Crippen MR) is 85.9 cm³/mol. The van der Waals surface area contributed by atoms with Crippen LogP contribution in [0.4, 0.5) is 4.39 Å². The van der Waals surface area contributed by atoms with E-state index in [1.54, 1.807) is 31.2 Å². The molecule has 2 atom stereocenters. The molecular formula is C18H20FNO3. The second-order valence-electron chi connectivity index (χ2n) is 5.51. The van der Waals surface area contributed by atoms with E-state index < -0.39 is 6.10 Å². The van der Waals surface area contributed by atoms with Crippen molar-refractivity contribution in [2.75, 3.05) is 0 Å². The molecule has 4 nitrogen and oxygen atoms in total. The van der Waals surface area contributed by atoms with E-state index in [0.29, 0.717) is 12.2 Å². The summed E-state index contributed by atoms with van der Waals surface area (Å²) in [5.74, 6) is -0.0957.